The molecule has 17 heavy (non-hydrogen) atoms. The minimum atomic E-state index is -4.22. The number of nitrogens with one attached hydrogen (secondary N) is 1. The van der Waals surface area contributed by atoms with Gasteiger partial charge < -0.3 is 10.2 Å². The zero-order valence-corrected chi connectivity index (χ0v) is 10.4. The van der Waals surface area contributed by atoms with Crippen LogP contribution in [0.1, 0.15) is 5.56 Å². The molecule has 0 atom stereocenters. The zero-order chi connectivity index (χ0) is 13.1. The lowest BCUT2D eigenvalue weighted by atomic mass is 10.2. The molecule has 0 aromatic heterocycles. The lowest BCUT2D eigenvalue weighted by Crippen LogP contribution is -2.30. The number of nitrogens with zero attached hydrogens (tertiary/aromatic N) is 1. The first kappa shape index (κ1) is 14.1. The van der Waals surface area contributed by atoms with Crippen LogP contribution in [0, 0.1) is 0 Å². The Bertz CT molecular complexity index is 379. The molecule has 0 heterocycles. The topological polar surface area (TPSA) is 15.3 Å². The Hall–Kier alpha value is -0.940. The quantitative estimate of drug-likeness (QED) is 0.901. The van der Waals surface area contributed by atoms with Gasteiger partial charge in [-0.25, -0.2) is 0 Å². The average Bonchev–Trinajstić information content (AvgIpc) is 2.18. The first-order chi connectivity index (χ1) is 7.83. The molecule has 0 spiro atoms. The molecule has 1 rings (SSSR count). The monoisotopic (exact) mass is 266 g/mol. The fourth-order valence-electron chi connectivity index (χ4n) is 1.47. The van der Waals surface area contributed by atoms with Gasteiger partial charge in [-0.05, 0) is 24.7 Å². The van der Waals surface area contributed by atoms with E-state index in [0.29, 0.717) is 17.3 Å². The highest BCUT2D eigenvalue weighted by Gasteiger charge is 2.29. The molecule has 1 aromatic carbocycles. The van der Waals surface area contributed by atoms with E-state index in [4.69, 9.17) is 11.6 Å². The van der Waals surface area contributed by atoms with Gasteiger partial charge in [0, 0.05) is 24.3 Å². The van der Waals surface area contributed by atoms with Crippen molar-refractivity contribution in [3.63, 3.8) is 0 Å². The van der Waals surface area contributed by atoms with Crippen molar-refractivity contribution in [2.24, 2.45) is 0 Å². The van der Waals surface area contributed by atoms with Gasteiger partial charge in [-0.15, -0.1) is 0 Å². The van der Waals surface area contributed by atoms with Crippen LogP contribution in [-0.4, -0.2) is 26.8 Å². The number of alkyl halides is 3. The third kappa shape index (κ3) is 4.44. The molecule has 96 valence electrons. The normalized spacial score (nSPS) is 11.6. The van der Waals surface area contributed by atoms with E-state index >= 15 is 0 Å². The van der Waals surface area contributed by atoms with E-state index in [0.717, 1.165) is 10.5 Å². The third-order valence-electron chi connectivity index (χ3n) is 2.26. The maximum atomic E-state index is 12.2. The van der Waals surface area contributed by atoms with Gasteiger partial charge in [-0.1, -0.05) is 17.7 Å². The fourth-order valence-corrected chi connectivity index (χ4v) is 1.71. The van der Waals surface area contributed by atoms with E-state index in [1.54, 1.807) is 25.2 Å². The number of rotatable bonds is 4. The summed E-state index contributed by atoms with van der Waals surface area (Å²) < 4.78 is 36.6. The highest BCUT2D eigenvalue weighted by molar-refractivity contribution is 6.31. The van der Waals surface area contributed by atoms with Crippen molar-refractivity contribution in [1.29, 1.82) is 0 Å². The smallest absolute Gasteiger partial charge is 0.366 e. The Balaban J connectivity index is 2.82. The van der Waals surface area contributed by atoms with Gasteiger partial charge in [-0.3, -0.25) is 0 Å². The summed E-state index contributed by atoms with van der Waals surface area (Å²) in [6, 6.07) is 4.89. The maximum absolute atomic E-state index is 12.2. The van der Waals surface area contributed by atoms with Gasteiger partial charge in [0.2, 0.25) is 0 Å². The minimum Gasteiger partial charge on any atom is -0.366 e. The van der Waals surface area contributed by atoms with Crippen molar-refractivity contribution >= 4 is 17.3 Å². The summed E-state index contributed by atoms with van der Waals surface area (Å²) in [6.07, 6.45) is -4.22. The number of hydrogen-bond donors (Lipinski definition) is 1. The third-order valence-corrected chi connectivity index (χ3v) is 2.61. The molecule has 2 nitrogen and oxygen atoms in total. The Morgan fingerprint density at radius 2 is 2.00 bits per heavy atom. The summed E-state index contributed by atoms with van der Waals surface area (Å²) in [5.74, 6) is 0. The predicted molar refractivity (Wildman–Crippen MR) is 63.5 cm³/mol. The first-order valence-corrected chi connectivity index (χ1v) is 5.42. The van der Waals surface area contributed by atoms with Crippen LogP contribution < -0.4 is 10.2 Å². The van der Waals surface area contributed by atoms with E-state index < -0.39 is 12.7 Å². The van der Waals surface area contributed by atoms with Gasteiger partial charge in [0.05, 0.1) is 0 Å². The Kier molecular flexibility index (Phi) is 4.65. The first-order valence-electron chi connectivity index (χ1n) is 5.04. The highest BCUT2D eigenvalue weighted by Crippen LogP contribution is 2.25. The summed E-state index contributed by atoms with van der Waals surface area (Å²) in [4.78, 5) is 1.12. The molecular weight excluding hydrogens is 253 g/mol. The average molecular weight is 267 g/mol. The molecule has 0 fully saturated rings. The summed E-state index contributed by atoms with van der Waals surface area (Å²) in [6.45, 7) is -0.406. The van der Waals surface area contributed by atoms with Gasteiger partial charge in [0.15, 0.2) is 0 Å². The summed E-state index contributed by atoms with van der Waals surface area (Å²) in [7, 11) is 3.16. The van der Waals surface area contributed by atoms with Gasteiger partial charge in [-0.2, -0.15) is 13.2 Å². The molecule has 0 amide bonds. The zero-order valence-electron chi connectivity index (χ0n) is 9.61. The van der Waals surface area contributed by atoms with Crippen LogP contribution in [0.15, 0.2) is 18.2 Å². The van der Waals surface area contributed by atoms with Crippen molar-refractivity contribution in [2.45, 2.75) is 12.7 Å². The van der Waals surface area contributed by atoms with Crippen LogP contribution in [0.5, 0.6) is 0 Å². The van der Waals surface area contributed by atoms with Crippen LogP contribution in [0.2, 0.25) is 5.02 Å². The van der Waals surface area contributed by atoms with Crippen molar-refractivity contribution < 1.29 is 13.2 Å². The van der Waals surface area contributed by atoms with Crippen molar-refractivity contribution in [3.05, 3.63) is 28.8 Å². The predicted octanol–water partition coefficient (Wildman–Crippen LogP) is 3.06. The van der Waals surface area contributed by atoms with Crippen LogP contribution in [0.4, 0.5) is 18.9 Å². The summed E-state index contributed by atoms with van der Waals surface area (Å²) in [5.41, 5.74) is 1.31. The minimum absolute atomic E-state index is 0.451. The van der Waals surface area contributed by atoms with Crippen molar-refractivity contribution in [1.82, 2.24) is 5.32 Å². The molecule has 0 bridgehead atoms. The lowest BCUT2D eigenvalue weighted by Gasteiger charge is -2.21. The molecule has 0 aliphatic carbocycles. The second-order valence-electron chi connectivity index (χ2n) is 3.78. The van der Waals surface area contributed by atoms with E-state index in [1.807, 2.05) is 0 Å². The van der Waals surface area contributed by atoms with E-state index in [1.165, 1.54) is 7.05 Å². The SMILES string of the molecule is CNCc1ccc(N(C)CC(F)(F)F)cc1Cl. The Morgan fingerprint density at radius 1 is 1.35 bits per heavy atom. The molecule has 0 saturated carbocycles. The molecule has 0 saturated heterocycles. The Morgan fingerprint density at radius 3 is 2.47 bits per heavy atom. The second-order valence-corrected chi connectivity index (χ2v) is 4.18. The van der Waals surface area contributed by atoms with Crippen LogP contribution in [0.25, 0.3) is 0 Å². The molecule has 0 unspecified atom stereocenters. The number of halogens is 4. The molecule has 0 aliphatic rings. The van der Waals surface area contributed by atoms with Crippen molar-refractivity contribution in [2.75, 3.05) is 25.5 Å². The molecular formula is C11H14ClF3N2. The van der Waals surface area contributed by atoms with E-state index in [9.17, 15) is 13.2 Å². The Labute approximate surface area is 103 Å². The lowest BCUT2D eigenvalue weighted by molar-refractivity contribution is -0.119. The molecule has 1 aromatic rings. The summed E-state index contributed by atoms with van der Waals surface area (Å²) >= 11 is 5.98. The number of hydrogen-bond acceptors (Lipinski definition) is 2. The van der Waals surface area contributed by atoms with E-state index in [-0.39, 0.29) is 0 Å². The fraction of sp³-hybridized carbons (Fsp3) is 0.455. The molecule has 0 aliphatic heterocycles. The molecule has 1 N–H and O–H groups in total. The van der Waals surface area contributed by atoms with Crippen LogP contribution in [-0.2, 0) is 6.54 Å². The van der Waals surface area contributed by atoms with Crippen LogP contribution in [0.3, 0.4) is 0 Å². The van der Waals surface area contributed by atoms with Gasteiger partial charge >= 0.3 is 6.18 Å². The van der Waals surface area contributed by atoms with Crippen LogP contribution >= 0.6 is 11.6 Å². The maximum Gasteiger partial charge on any atom is 0.405 e. The molecule has 6 heteroatoms. The summed E-state index contributed by atoms with van der Waals surface area (Å²) in [5, 5.41) is 3.40. The van der Waals surface area contributed by atoms with Gasteiger partial charge in [0.25, 0.3) is 0 Å². The number of benzene rings is 1. The largest absolute Gasteiger partial charge is 0.405 e. The standard InChI is InChI=1S/C11H14ClF3N2/c1-16-6-8-3-4-9(5-10(8)12)17(2)7-11(13,14)15/h3-5,16H,6-7H2,1-2H3. The second kappa shape index (κ2) is 5.60. The van der Waals surface area contributed by atoms with E-state index in [2.05, 4.69) is 5.32 Å². The highest BCUT2D eigenvalue weighted by atomic mass is 35.5. The number of anilines is 1. The van der Waals surface area contributed by atoms with Crippen molar-refractivity contribution in [3.8, 4) is 0 Å². The van der Waals surface area contributed by atoms with Gasteiger partial charge in [0.1, 0.15) is 6.54 Å². The molecule has 0 radical (unpaired) electrons.